The van der Waals surface area contributed by atoms with Crippen molar-refractivity contribution in [3.8, 4) is 5.75 Å². The van der Waals surface area contributed by atoms with Crippen molar-refractivity contribution in [2.75, 3.05) is 7.05 Å². The smallest absolute Gasteiger partial charge is 0.467 e. The molecule has 2 atom stereocenters. The lowest BCUT2D eigenvalue weighted by Gasteiger charge is -2.39. The molecule has 3 aromatic rings. The number of fused-ring (bicyclic) bond motifs is 1. The molecule has 4 rings (SSSR count). The maximum atomic E-state index is 13.3. The van der Waals surface area contributed by atoms with Gasteiger partial charge in [-0.05, 0) is 41.5 Å². The van der Waals surface area contributed by atoms with Crippen LogP contribution < -0.4 is 10.1 Å². The van der Waals surface area contributed by atoms with E-state index in [9.17, 15) is 22.8 Å². The van der Waals surface area contributed by atoms with E-state index in [1.54, 1.807) is 42.5 Å². The van der Waals surface area contributed by atoms with Crippen molar-refractivity contribution in [3.05, 3.63) is 89.4 Å². The van der Waals surface area contributed by atoms with Crippen LogP contribution >= 0.6 is 0 Å². The van der Waals surface area contributed by atoms with Crippen molar-refractivity contribution < 1.29 is 31.9 Å². The molecule has 0 radical (unpaired) electrons. The first-order valence-electron chi connectivity index (χ1n) is 9.76. The quantitative estimate of drug-likeness (QED) is 0.633. The maximum Gasteiger partial charge on any atom is 0.573 e. The van der Waals surface area contributed by atoms with Gasteiger partial charge in [0.1, 0.15) is 11.5 Å². The molecule has 2 unspecified atom stereocenters. The van der Waals surface area contributed by atoms with Crippen LogP contribution in [0.2, 0.25) is 0 Å². The number of furan rings is 1. The van der Waals surface area contributed by atoms with E-state index in [1.165, 1.54) is 36.4 Å². The molecular weight excluding hydrogens is 425 g/mol. The van der Waals surface area contributed by atoms with Crippen molar-refractivity contribution in [2.45, 2.75) is 24.9 Å². The number of rotatable bonds is 5. The molecule has 1 aliphatic rings. The Morgan fingerprint density at radius 1 is 1.12 bits per heavy atom. The van der Waals surface area contributed by atoms with Gasteiger partial charge in [-0.1, -0.05) is 30.3 Å². The molecule has 0 bridgehead atoms. The Balaban J connectivity index is 1.74. The lowest BCUT2D eigenvalue weighted by Crippen LogP contribution is -2.45. The van der Waals surface area contributed by atoms with Crippen LogP contribution in [0, 0.1) is 0 Å². The van der Waals surface area contributed by atoms with Gasteiger partial charge in [-0.15, -0.1) is 13.2 Å². The standard InChI is InChI=1S/C23H19F3N2O4/c1-28-20(14-6-4-7-15(12-14)32-23(24,25)26)19(17-9-2-3-10-18(17)22(28)30)21(29)27-13-16-8-5-11-31-16/h2-12,19-20H,13H2,1H3,(H,27,29). The third kappa shape index (κ3) is 4.32. The van der Waals surface area contributed by atoms with Crippen LogP contribution in [0.4, 0.5) is 13.2 Å². The number of likely N-dealkylation sites (N-methyl/N-ethyl adjacent to an activating group) is 1. The highest BCUT2D eigenvalue weighted by atomic mass is 19.4. The predicted octanol–water partition coefficient (Wildman–Crippen LogP) is 4.41. The van der Waals surface area contributed by atoms with Gasteiger partial charge in [0.25, 0.3) is 5.91 Å². The average Bonchev–Trinajstić information content (AvgIpc) is 3.27. The number of nitrogens with zero attached hydrogens (tertiary/aromatic N) is 1. The Labute approximate surface area is 181 Å². The first-order valence-corrected chi connectivity index (χ1v) is 9.76. The lowest BCUT2D eigenvalue weighted by atomic mass is 9.79. The topological polar surface area (TPSA) is 71.8 Å². The summed E-state index contributed by atoms with van der Waals surface area (Å²) in [5.41, 5.74) is 1.21. The zero-order chi connectivity index (χ0) is 22.9. The van der Waals surface area contributed by atoms with Crippen molar-refractivity contribution in [1.82, 2.24) is 10.2 Å². The highest BCUT2D eigenvalue weighted by Gasteiger charge is 2.43. The second-order valence-corrected chi connectivity index (χ2v) is 7.34. The highest BCUT2D eigenvalue weighted by Crippen LogP contribution is 2.43. The van der Waals surface area contributed by atoms with Crippen LogP contribution in [-0.2, 0) is 11.3 Å². The van der Waals surface area contributed by atoms with E-state index >= 15 is 0 Å². The van der Waals surface area contributed by atoms with Crippen molar-refractivity contribution in [3.63, 3.8) is 0 Å². The van der Waals surface area contributed by atoms with E-state index in [0.29, 0.717) is 22.5 Å². The Hall–Kier alpha value is -3.75. The Kier molecular flexibility index (Phi) is 5.65. The number of carbonyl (C=O) groups is 2. The van der Waals surface area contributed by atoms with Crippen LogP contribution in [-0.4, -0.2) is 30.1 Å². The van der Waals surface area contributed by atoms with Crippen LogP contribution in [0.3, 0.4) is 0 Å². The number of hydrogen-bond acceptors (Lipinski definition) is 4. The van der Waals surface area contributed by atoms with Gasteiger partial charge in [0.05, 0.1) is 24.8 Å². The van der Waals surface area contributed by atoms with Crippen molar-refractivity contribution in [2.24, 2.45) is 0 Å². The van der Waals surface area contributed by atoms with Gasteiger partial charge in [0.15, 0.2) is 0 Å². The molecule has 6 nitrogen and oxygen atoms in total. The average molecular weight is 444 g/mol. The molecule has 32 heavy (non-hydrogen) atoms. The molecule has 0 fully saturated rings. The van der Waals surface area contributed by atoms with Gasteiger partial charge in [-0.2, -0.15) is 0 Å². The number of halogens is 3. The second kappa shape index (κ2) is 8.41. The molecule has 9 heteroatoms. The lowest BCUT2D eigenvalue weighted by molar-refractivity contribution is -0.274. The molecule has 2 amide bonds. The fraction of sp³-hybridized carbons (Fsp3) is 0.217. The number of benzene rings is 2. The van der Waals surface area contributed by atoms with Crippen LogP contribution in [0.25, 0.3) is 0 Å². The van der Waals surface area contributed by atoms with E-state index in [-0.39, 0.29) is 18.4 Å². The summed E-state index contributed by atoms with van der Waals surface area (Å²) in [6.07, 6.45) is -3.38. The van der Waals surface area contributed by atoms with Gasteiger partial charge in [0.2, 0.25) is 5.91 Å². The number of amides is 2. The molecule has 2 heterocycles. The number of nitrogens with one attached hydrogen (secondary N) is 1. The molecule has 1 aromatic heterocycles. The fourth-order valence-electron chi connectivity index (χ4n) is 3.97. The Bertz CT molecular complexity index is 1130. The minimum atomic E-state index is -4.86. The monoisotopic (exact) mass is 444 g/mol. The molecule has 0 aliphatic carbocycles. The third-order valence-electron chi connectivity index (χ3n) is 5.31. The molecule has 1 aliphatic heterocycles. The molecule has 0 saturated carbocycles. The summed E-state index contributed by atoms with van der Waals surface area (Å²) >= 11 is 0. The van der Waals surface area contributed by atoms with Crippen LogP contribution in [0.15, 0.2) is 71.3 Å². The van der Waals surface area contributed by atoms with Crippen molar-refractivity contribution >= 4 is 11.8 Å². The summed E-state index contributed by atoms with van der Waals surface area (Å²) in [4.78, 5) is 27.7. The largest absolute Gasteiger partial charge is 0.573 e. The molecule has 1 N–H and O–H groups in total. The normalized spacial score (nSPS) is 18.2. The molecule has 2 aromatic carbocycles. The van der Waals surface area contributed by atoms with E-state index in [1.807, 2.05) is 0 Å². The van der Waals surface area contributed by atoms with Gasteiger partial charge in [-0.3, -0.25) is 9.59 Å². The Morgan fingerprint density at radius 2 is 1.91 bits per heavy atom. The second-order valence-electron chi connectivity index (χ2n) is 7.34. The Morgan fingerprint density at radius 3 is 2.62 bits per heavy atom. The zero-order valence-corrected chi connectivity index (χ0v) is 16.9. The molecular formula is C23H19F3N2O4. The SMILES string of the molecule is CN1C(=O)c2ccccc2C(C(=O)NCc2ccco2)C1c1cccc(OC(F)(F)F)c1. The van der Waals surface area contributed by atoms with Crippen LogP contribution in [0.1, 0.15) is 39.2 Å². The summed E-state index contributed by atoms with van der Waals surface area (Å²) in [5.74, 6) is -1.46. The third-order valence-corrected chi connectivity index (χ3v) is 5.31. The molecule has 0 saturated heterocycles. The van der Waals surface area contributed by atoms with Gasteiger partial charge in [-0.25, -0.2) is 0 Å². The summed E-state index contributed by atoms with van der Waals surface area (Å²) in [7, 11) is 1.52. The van der Waals surface area contributed by atoms with Gasteiger partial charge >= 0.3 is 6.36 Å². The van der Waals surface area contributed by atoms with E-state index in [0.717, 1.165) is 0 Å². The van der Waals surface area contributed by atoms with Crippen molar-refractivity contribution in [1.29, 1.82) is 0 Å². The summed E-state index contributed by atoms with van der Waals surface area (Å²) in [6, 6.07) is 14.6. The zero-order valence-electron chi connectivity index (χ0n) is 16.9. The predicted molar refractivity (Wildman–Crippen MR) is 108 cm³/mol. The number of alkyl halides is 3. The minimum absolute atomic E-state index is 0.131. The van der Waals surface area contributed by atoms with Crippen LogP contribution in [0.5, 0.6) is 5.75 Å². The minimum Gasteiger partial charge on any atom is -0.467 e. The highest BCUT2D eigenvalue weighted by molar-refractivity contribution is 6.01. The summed E-state index contributed by atoms with van der Waals surface area (Å²) < 4.78 is 47.5. The fourth-order valence-corrected chi connectivity index (χ4v) is 3.97. The number of hydrogen-bond donors (Lipinski definition) is 1. The van der Waals surface area contributed by atoms with E-state index in [2.05, 4.69) is 10.1 Å². The summed E-state index contributed by atoms with van der Waals surface area (Å²) in [5, 5.41) is 2.80. The molecule has 166 valence electrons. The number of carbonyl (C=O) groups excluding carboxylic acids is 2. The van der Waals surface area contributed by atoms with E-state index in [4.69, 9.17) is 4.42 Å². The first-order chi connectivity index (χ1) is 15.2. The number of ether oxygens (including phenoxy) is 1. The maximum absolute atomic E-state index is 13.3. The first kappa shape index (κ1) is 21.5. The van der Waals surface area contributed by atoms with Gasteiger partial charge < -0.3 is 19.4 Å². The molecule has 0 spiro atoms. The summed E-state index contributed by atoms with van der Waals surface area (Å²) in [6.45, 7) is 0.131. The van der Waals surface area contributed by atoms with Gasteiger partial charge in [0, 0.05) is 12.6 Å². The van der Waals surface area contributed by atoms with E-state index < -0.39 is 24.1 Å².